The van der Waals surface area contributed by atoms with Crippen LogP contribution in [-0.2, 0) is 17.4 Å². The average Bonchev–Trinajstić information content (AvgIpc) is 2.46. The minimum atomic E-state index is -4.49. The van der Waals surface area contributed by atoms with Gasteiger partial charge in [0.05, 0.1) is 22.7 Å². The largest absolute Gasteiger partial charge is 0.417 e. The summed E-state index contributed by atoms with van der Waals surface area (Å²) in [6, 6.07) is 0.835. The second kappa shape index (κ2) is 5.86. The first-order valence-corrected chi connectivity index (χ1v) is 9.13. The fraction of sp³-hybridized carbons (Fsp3) is 0.667. The molecule has 0 atom stereocenters. The fourth-order valence-electron chi connectivity index (χ4n) is 5.51. The number of nitrogens with one attached hydrogen (secondary N) is 1. The molecule has 1 amide bonds. The summed E-state index contributed by atoms with van der Waals surface area (Å²) < 4.78 is 38.0. The normalized spacial score (nSPS) is 33.5. The van der Waals surface area contributed by atoms with Crippen LogP contribution in [0, 0.1) is 17.8 Å². The topological polar surface area (TPSA) is 42.0 Å². The van der Waals surface area contributed by atoms with Gasteiger partial charge < -0.3 is 5.32 Å². The van der Waals surface area contributed by atoms with Crippen molar-refractivity contribution in [3.05, 3.63) is 28.5 Å². The van der Waals surface area contributed by atoms with Crippen LogP contribution in [0.2, 0.25) is 5.02 Å². The van der Waals surface area contributed by atoms with E-state index in [9.17, 15) is 18.0 Å². The molecule has 0 aromatic carbocycles. The van der Waals surface area contributed by atoms with Gasteiger partial charge in [0.1, 0.15) is 0 Å². The van der Waals surface area contributed by atoms with E-state index in [-0.39, 0.29) is 28.6 Å². The van der Waals surface area contributed by atoms with Crippen molar-refractivity contribution >= 4 is 17.5 Å². The first kappa shape index (κ1) is 17.1. The number of halogens is 4. The highest BCUT2D eigenvalue weighted by Gasteiger charge is 2.51. The number of carbonyl (C=O) groups excluding carboxylic acids is 1. The van der Waals surface area contributed by atoms with Crippen molar-refractivity contribution in [3.63, 3.8) is 0 Å². The number of alkyl halides is 3. The van der Waals surface area contributed by atoms with Gasteiger partial charge in [-0.25, -0.2) is 0 Å². The van der Waals surface area contributed by atoms with E-state index >= 15 is 0 Å². The van der Waals surface area contributed by atoms with E-state index in [0.29, 0.717) is 17.8 Å². The monoisotopic (exact) mass is 372 g/mol. The van der Waals surface area contributed by atoms with Crippen molar-refractivity contribution in [1.29, 1.82) is 0 Å². The third-order valence-corrected chi connectivity index (χ3v) is 6.34. The van der Waals surface area contributed by atoms with E-state index in [1.54, 1.807) is 0 Å². The zero-order valence-corrected chi connectivity index (χ0v) is 14.5. The standard InChI is InChI=1S/C18H20ClF3N2O/c19-14-4-13(18(20,21)22)9-23-15(14)5-16(25)24-17-6-10-1-11(7-17)3-12(2-10)8-17/h4,9-12H,1-3,5-8H2,(H,24,25). The maximum atomic E-state index is 12.7. The zero-order chi connectivity index (χ0) is 17.8. The Balaban J connectivity index is 1.44. The van der Waals surface area contributed by atoms with Gasteiger partial charge in [0.25, 0.3) is 0 Å². The third-order valence-electron chi connectivity index (χ3n) is 6.02. The summed E-state index contributed by atoms with van der Waals surface area (Å²) in [6.07, 6.45) is 3.08. The Morgan fingerprint density at radius 1 is 1.20 bits per heavy atom. The number of hydrogen-bond donors (Lipinski definition) is 1. The Hall–Kier alpha value is -1.30. The van der Waals surface area contributed by atoms with Crippen molar-refractivity contribution in [3.8, 4) is 0 Å². The minimum absolute atomic E-state index is 0.0846. The molecule has 0 unspecified atom stereocenters. The lowest BCUT2D eigenvalue weighted by atomic mass is 9.53. The summed E-state index contributed by atoms with van der Waals surface area (Å²) in [5.41, 5.74) is -0.829. The lowest BCUT2D eigenvalue weighted by molar-refractivity contribution is -0.137. The van der Waals surface area contributed by atoms with Gasteiger partial charge in [-0.15, -0.1) is 0 Å². The van der Waals surface area contributed by atoms with Gasteiger partial charge in [0, 0.05) is 11.7 Å². The summed E-state index contributed by atoms with van der Waals surface area (Å²) in [5, 5.41) is 3.07. The van der Waals surface area contributed by atoms with Crippen molar-refractivity contribution in [1.82, 2.24) is 10.3 Å². The molecule has 4 fully saturated rings. The van der Waals surface area contributed by atoms with E-state index < -0.39 is 11.7 Å². The number of pyridine rings is 1. The maximum absolute atomic E-state index is 12.7. The SMILES string of the molecule is O=C(Cc1ncc(C(F)(F)F)cc1Cl)NC12CC3CC(CC(C3)C1)C2. The molecule has 3 nitrogen and oxygen atoms in total. The van der Waals surface area contributed by atoms with E-state index in [4.69, 9.17) is 11.6 Å². The van der Waals surface area contributed by atoms with Crippen LogP contribution in [0.1, 0.15) is 49.8 Å². The number of aromatic nitrogens is 1. The van der Waals surface area contributed by atoms with Crippen LogP contribution >= 0.6 is 11.6 Å². The Bertz CT molecular complexity index is 669. The minimum Gasteiger partial charge on any atom is -0.350 e. The Morgan fingerprint density at radius 2 is 1.76 bits per heavy atom. The molecule has 25 heavy (non-hydrogen) atoms. The molecule has 1 heterocycles. The van der Waals surface area contributed by atoms with Crippen molar-refractivity contribution in [2.24, 2.45) is 17.8 Å². The Morgan fingerprint density at radius 3 is 2.24 bits per heavy atom. The van der Waals surface area contributed by atoms with Gasteiger partial charge in [0.15, 0.2) is 0 Å². The van der Waals surface area contributed by atoms with Crippen LogP contribution in [-0.4, -0.2) is 16.4 Å². The summed E-state index contributed by atoms with van der Waals surface area (Å²) in [6.45, 7) is 0. The van der Waals surface area contributed by atoms with Crippen LogP contribution < -0.4 is 5.32 Å². The molecule has 0 aliphatic heterocycles. The molecular weight excluding hydrogens is 353 g/mol. The van der Waals surface area contributed by atoms with Crippen molar-refractivity contribution in [2.75, 3.05) is 0 Å². The predicted molar refractivity (Wildman–Crippen MR) is 87.0 cm³/mol. The van der Waals surface area contributed by atoms with Gasteiger partial charge in [-0.3, -0.25) is 9.78 Å². The van der Waals surface area contributed by atoms with Crippen LogP contribution in [0.3, 0.4) is 0 Å². The second-order valence-electron chi connectivity index (χ2n) is 8.07. The first-order chi connectivity index (χ1) is 11.7. The zero-order valence-electron chi connectivity index (χ0n) is 13.7. The van der Waals surface area contributed by atoms with Gasteiger partial charge in [0.2, 0.25) is 5.91 Å². The molecule has 7 heteroatoms. The van der Waals surface area contributed by atoms with Crippen LogP contribution in [0.4, 0.5) is 13.2 Å². The van der Waals surface area contributed by atoms with Crippen molar-refractivity contribution in [2.45, 2.75) is 56.7 Å². The summed E-state index contributed by atoms with van der Waals surface area (Å²) in [7, 11) is 0. The van der Waals surface area contributed by atoms with Gasteiger partial charge in [-0.2, -0.15) is 13.2 Å². The van der Waals surface area contributed by atoms with Crippen LogP contribution in [0.25, 0.3) is 0 Å². The molecule has 5 rings (SSSR count). The molecular formula is C18H20ClF3N2O. The molecule has 1 aromatic rings. The molecule has 136 valence electrons. The quantitative estimate of drug-likeness (QED) is 0.855. The highest BCUT2D eigenvalue weighted by atomic mass is 35.5. The third kappa shape index (κ3) is 3.37. The number of nitrogens with zero attached hydrogens (tertiary/aromatic N) is 1. The fourth-order valence-corrected chi connectivity index (χ4v) is 5.74. The molecule has 1 N–H and O–H groups in total. The van der Waals surface area contributed by atoms with E-state index in [0.717, 1.165) is 31.5 Å². The molecule has 4 saturated carbocycles. The first-order valence-electron chi connectivity index (χ1n) is 8.75. The lowest BCUT2D eigenvalue weighted by Gasteiger charge is -2.56. The molecule has 0 radical (unpaired) electrons. The maximum Gasteiger partial charge on any atom is 0.417 e. The number of amides is 1. The second-order valence-corrected chi connectivity index (χ2v) is 8.48. The average molecular weight is 373 g/mol. The highest BCUT2D eigenvalue weighted by molar-refractivity contribution is 6.31. The smallest absolute Gasteiger partial charge is 0.350 e. The Labute approximate surface area is 149 Å². The summed E-state index contributed by atoms with van der Waals surface area (Å²) in [4.78, 5) is 16.3. The van der Waals surface area contributed by atoms with Crippen LogP contribution in [0.5, 0.6) is 0 Å². The molecule has 0 spiro atoms. The lowest BCUT2D eigenvalue weighted by Crippen LogP contribution is -2.60. The van der Waals surface area contributed by atoms with Gasteiger partial charge >= 0.3 is 6.18 Å². The predicted octanol–water partition coefficient (Wildman–Crippen LogP) is 4.38. The molecule has 1 aromatic heterocycles. The highest BCUT2D eigenvalue weighted by Crippen LogP contribution is 2.55. The van der Waals surface area contributed by atoms with E-state index in [2.05, 4.69) is 10.3 Å². The molecule has 0 saturated heterocycles. The number of rotatable bonds is 3. The van der Waals surface area contributed by atoms with Gasteiger partial charge in [-0.1, -0.05) is 11.6 Å². The summed E-state index contributed by atoms with van der Waals surface area (Å²) in [5.74, 6) is 1.93. The molecule has 4 aliphatic carbocycles. The summed E-state index contributed by atoms with van der Waals surface area (Å²) >= 11 is 5.91. The molecule has 4 bridgehead atoms. The van der Waals surface area contributed by atoms with Crippen molar-refractivity contribution < 1.29 is 18.0 Å². The number of hydrogen-bond acceptors (Lipinski definition) is 2. The Kier molecular flexibility index (Phi) is 4.02. The van der Waals surface area contributed by atoms with Crippen LogP contribution in [0.15, 0.2) is 12.3 Å². The van der Waals surface area contributed by atoms with E-state index in [1.807, 2.05) is 0 Å². The van der Waals surface area contributed by atoms with Gasteiger partial charge in [-0.05, 0) is 62.3 Å². The molecule has 4 aliphatic rings. The van der Waals surface area contributed by atoms with E-state index in [1.165, 1.54) is 19.3 Å². The number of carbonyl (C=O) groups is 1.